The lowest BCUT2D eigenvalue weighted by atomic mass is 9.94. The lowest BCUT2D eigenvalue weighted by Gasteiger charge is -2.46. The molecule has 35 heavy (non-hydrogen) atoms. The highest BCUT2D eigenvalue weighted by atomic mass is 32.2. The van der Waals surface area contributed by atoms with Crippen molar-refractivity contribution in [3.8, 4) is 5.75 Å². The predicted molar refractivity (Wildman–Crippen MR) is 131 cm³/mol. The summed E-state index contributed by atoms with van der Waals surface area (Å²) in [4.78, 5) is 6.83. The van der Waals surface area contributed by atoms with Crippen molar-refractivity contribution in [3.63, 3.8) is 0 Å². The van der Waals surface area contributed by atoms with Crippen LogP contribution in [0.4, 0.5) is 9.52 Å². The van der Waals surface area contributed by atoms with Crippen LogP contribution in [0.5, 0.6) is 5.75 Å². The average Bonchev–Trinajstić information content (AvgIpc) is 3.36. The van der Waals surface area contributed by atoms with Gasteiger partial charge in [-0.05, 0) is 29.8 Å². The van der Waals surface area contributed by atoms with Gasteiger partial charge in [-0.15, -0.1) is 0 Å². The fourth-order valence-corrected chi connectivity index (χ4v) is 6.82. The van der Waals surface area contributed by atoms with Gasteiger partial charge in [0.2, 0.25) is 15.2 Å². The molecule has 3 heterocycles. The summed E-state index contributed by atoms with van der Waals surface area (Å²) in [5.74, 6) is 0.310. The molecular formula is C22H24FN5O4S3. The Morgan fingerprint density at radius 2 is 1.97 bits per heavy atom. The molecule has 0 aliphatic carbocycles. The topological polar surface area (TPSA) is 105 Å². The standard InChI is InChI=1S/C22H24FN5O4S3/c1-35(30,31)27-9-10-28(20(13-27)15-2-4-16(23)5-3-15)19-8-11-32-21-12-17(6-7-18(19)21)34(29)26-22-24-14-25-33-22/h2-7,12,14,19-20H,8-11,13H2,1H3,(H,24,25,26)/t19-,20-,34?/m0/s1. The fraction of sp³-hybridized carbons (Fsp3) is 0.364. The van der Waals surface area contributed by atoms with E-state index in [1.165, 1.54) is 29.0 Å². The highest BCUT2D eigenvalue weighted by Gasteiger charge is 2.38. The zero-order valence-electron chi connectivity index (χ0n) is 18.8. The first-order valence-electron chi connectivity index (χ1n) is 11.0. The second-order valence-corrected chi connectivity index (χ2v) is 12.4. The second-order valence-electron chi connectivity index (χ2n) is 8.40. The third-order valence-electron chi connectivity index (χ3n) is 6.26. The molecule has 2 aromatic carbocycles. The first-order valence-corrected chi connectivity index (χ1v) is 14.7. The number of rotatable bonds is 6. The summed E-state index contributed by atoms with van der Waals surface area (Å²) in [5, 5.41) is 0.464. The van der Waals surface area contributed by atoms with Crippen LogP contribution in [0.2, 0.25) is 0 Å². The number of nitrogens with one attached hydrogen (secondary N) is 1. The van der Waals surface area contributed by atoms with Crippen LogP contribution in [0.15, 0.2) is 53.7 Å². The molecule has 2 aliphatic rings. The number of fused-ring (bicyclic) bond motifs is 1. The minimum atomic E-state index is -3.37. The van der Waals surface area contributed by atoms with Crippen molar-refractivity contribution < 1.29 is 21.8 Å². The molecule has 13 heteroatoms. The number of sulfonamides is 1. The van der Waals surface area contributed by atoms with Crippen LogP contribution in [0.1, 0.15) is 29.6 Å². The normalized spacial score (nSPS) is 22.2. The summed E-state index contributed by atoms with van der Waals surface area (Å²) in [6, 6.07) is 11.4. The van der Waals surface area contributed by atoms with Gasteiger partial charge >= 0.3 is 0 Å². The SMILES string of the molecule is CS(=O)(=O)N1CCN([C@H]2CCOc3cc(S(=O)Nc4ncns4)ccc32)[C@H](c2ccc(F)cc2)C1. The number of nitrogens with zero attached hydrogens (tertiary/aromatic N) is 4. The largest absolute Gasteiger partial charge is 0.493 e. The fourth-order valence-electron chi connectivity index (χ4n) is 4.60. The molecule has 1 unspecified atom stereocenters. The van der Waals surface area contributed by atoms with E-state index >= 15 is 0 Å². The Bertz CT molecular complexity index is 1320. The number of halogens is 1. The number of aromatic nitrogens is 2. The van der Waals surface area contributed by atoms with Crippen molar-refractivity contribution in [1.29, 1.82) is 0 Å². The van der Waals surface area contributed by atoms with E-state index < -0.39 is 21.0 Å². The number of benzene rings is 2. The van der Waals surface area contributed by atoms with Gasteiger partial charge in [0.05, 0.1) is 17.8 Å². The van der Waals surface area contributed by atoms with Crippen molar-refractivity contribution in [2.75, 3.05) is 37.2 Å². The molecule has 186 valence electrons. The molecule has 3 atom stereocenters. The van der Waals surface area contributed by atoms with E-state index in [0.717, 1.165) is 29.1 Å². The van der Waals surface area contributed by atoms with Gasteiger partial charge in [-0.25, -0.2) is 22.0 Å². The summed E-state index contributed by atoms with van der Waals surface area (Å²) < 4.78 is 65.1. The summed E-state index contributed by atoms with van der Waals surface area (Å²) in [5.41, 5.74) is 1.81. The molecule has 0 spiro atoms. The number of piperazine rings is 1. The highest BCUT2D eigenvalue weighted by molar-refractivity contribution is 7.88. The van der Waals surface area contributed by atoms with E-state index in [0.29, 0.717) is 35.5 Å². The van der Waals surface area contributed by atoms with Gasteiger partial charge in [-0.3, -0.25) is 9.62 Å². The molecule has 2 aliphatic heterocycles. The molecule has 1 N–H and O–H groups in total. The lowest BCUT2D eigenvalue weighted by Crippen LogP contribution is -2.51. The van der Waals surface area contributed by atoms with Crippen LogP contribution in [-0.2, 0) is 21.0 Å². The molecule has 1 saturated heterocycles. The Morgan fingerprint density at radius 1 is 1.17 bits per heavy atom. The van der Waals surface area contributed by atoms with Crippen LogP contribution < -0.4 is 9.46 Å². The summed E-state index contributed by atoms with van der Waals surface area (Å²) in [7, 11) is -4.89. The average molecular weight is 538 g/mol. The van der Waals surface area contributed by atoms with Crippen molar-refractivity contribution in [1.82, 2.24) is 18.6 Å². The van der Waals surface area contributed by atoms with Crippen LogP contribution in [0, 0.1) is 5.82 Å². The Morgan fingerprint density at radius 3 is 2.69 bits per heavy atom. The smallest absolute Gasteiger partial charge is 0.214 e. The quantitative estimate of drug-likeness (QED) is 0.516. The Labute approximate surface area is 209 Å². The second kappa shape index (κ2) is 9.90. The van der Waals surface area contributed by atoms with Crippen LogP contribution in [0.3, 0.4) is 0 Å². The van der Waals surface area contributed by atoms with Crippen molar-refractivity contribution in [2.24, 2.45) is 0 Å². The molecule has 3 aromatic rings. The predicted octanol–water partition coefficient (Wildman–Crippen LogP) is 2.95. The molecule has 0 bridgehead atoms. The van der Waals surface area contributed by atoms with Gasteiger partial charge in [-0.2, -0.15) is 8.68 Å². The van der Waals surface area contributed by atoms with Crippen LogP contribution in [-0.4, -0.2) is 63.7 Å². The maximum atomic E-state index is 13.6. The molecule has 9 nitrogen and oxygen atoms in total. The first kappa shape index (κ1) is 24.3. The molecular weight excluding hydrogens is 513 g/mol. The Hall–Kier alpha value is -2.45. The third kappa shape index (κ3) is 5.23. The first-order chi connectivity index (χ1) is 16.8. The van der Waals surface area contributed by atoms with E-state index in [4.69, 9.17) is 4.74 Å². The number of hydrogen-bond donors (Lipinski definition) is 1. The van der Waals surface area contributed by atoms with Crippen molar-refractivity contribution >= 4 is 37.7 Å². The monoisotopic (exact) mass is 537 g/mol. The van der Waals surface area contributed by atoms with Gasteiger partial charge in [0.1, 0.15) is 17.9 Å². The highest BCUT2D eigenvalue weighted by Crippen LogP contribution is 2.42. The van der Waals surface area contributed by atoms with Gasteiger partial charge in [0, 0.05) is 55.2 Å². The van der Waals surface area contributed by atoms with Gasteiger partial charge in [0.25, 0.3) is 0 Å². The maximum Gasteiger partial charge on any atom is 0.214 e. The van der Waals surface area contributed by atoms with E-state index in [1.807, 2.05) is 6.07 Å². The minimum Gasteiger partial charge on any atom is -0.493 e. The summed E-state index contributed by atoms with van der Waals surface area (Å²) >= 11 is 1.12. The molecule has 1 fully saturated rings. The lowest BCUT2D eigenvalue weighted by molar-refractivity contribution is 0.0508. The van der Waals surface area contributed by atoms with E-state index in [1.54, 1.807) is 24.3 Å². The third-order valence-corrected chi connectivity index (χ3v) is 9.30. The Balaban J connectivity index is 1.44. The molecule has 0 radical (unpaired) electrons. The minimum absolute atomic E-state index is 0.0332. The molecule has 0 saturated carbocycles. The molecule has 1 aromatic heterocycles. The van der Waals surface area contributed by atoms with Crippen molar-refractivity contribution in [2.45, 2.75) is 23.4 Å². The van der Waals surface area contributed by atoms with E-state index in [-0.39, 0.29) is 24.4 Å². The zero-order chi connectivity index (χ0) is 24.6. The zero-order valence-corrected chi connectivity index (χ0v) is 21.3. The van der Waals surface area contributed by atoms with Gasteiger partial charge in [-0.1, -0.05) is 18.2 Å². The van der Waals surface area contributed by atoms with Crippen LogP contribution in [0.25, 0.3) is 0 Å². The Kier molecular flexibility index (Phi) is 6.86. The van der Waals surface area contributed by atoms with Crippen LogP contribution >= 0.6 is 11.5 Å². The number of ether oxygens (including phenoxy) is 1. The summed E-state index contributed by atoms with van der Waals surface area (Å²) in [6.07, 6.45) is 3.33. The maximum absolute atomic E-state index is 13.6. The number of anilines is 1. The molecule has 5 rings (SSSR count). The summed E-state index contributed by atoms with van der Waals surface area (Å²) in [6.45, 7) is 1.65. The van der Waals surface area contributed by atoms with E-state index in [2.05, 4.69) is 19.0 Å². The van der Waals surface area contributed by atoms with E-state index in [9.17, 15) is 17.0 Å². The van der Waals surface area contributed by atoms with Crippen molar-refractivity contribution in [3.05, 3.63) is 65.7 Å². The van der Waals surface area contributed by atoms with Gasteiger partial charge < -0.3 is 4.74 Å². The van der Waals surface area contributed by atoms with Gasteiger partial charge in [0.15, 0.2) is 11.0 Å². The molecule has 0 amide bonds. The number of hydrogen-bond acceptors (Lipinski definition) is 8.